The number of fused-ring (bicyclic) bond motifs is 1. The van der Waals surface area contributed by atoms with E-state index >= 15 is 0 Å². The fourth-order valence-electron chi connectivity index (χ4n) is 2.27. The van der Waals surface area contributed by atoms with Crippen LogP contribution in [0.5, 0.6) is 5.88 Å². The fraction of sp³-hybridized carbons (Fsp3) is 0.267. The number of nitrogens with zero attached hydrogens (tertiary/aromatic N) is 4. The minimum Gasteiger partial charge on any atom is -0.493 e. The molecule has 0 atom stereocenters. The number of hydrogen-bond donors (Lipinski definition) is 2. The Morgan fingerprint density at radius 1 is 1.32 bits per heavy atom. The molecule has 0 radical (unpaired) electrons. The third-order valence-electron chi connectivity index (χ3n) is 3.48. The monoisotopic (exact) mass is 315 g/mol. The highest BCUT2D eigenvalue weighted by Gasteiger charge is 2.16. The molecule has 1 aliphatic heterocycles. The van der Waals surface area contributed by atoms with Crippen LogP contribution in [0, 0.1) is 4.77 Å². The van der Waals surface area contributed by atoms with Crippen molar-refractivity contribution in [2.45, 2.75) is 6.54 Å². The highest BCUT2D eigenvalue weighted by Crippen LogP contribution is 2.36. The summed E-state index contributed by atoms with van der Waals surface area (Å²) in [6.45, 7) is 1.41. The number of rotatable bonds is 4. The van der Waals surface area contributed by atoms with Crippen LogP contribution in [0.1, 0.15) is 11.3 Å². The Balaban J connectivity index is 1.95. The Morgan fingerprint density at radius 3 is 2.86 bits per heavy atom. The molecule has 0 saturated carbocycles. The van der Waals surface area contributed by atoms with E-state index in [2.05, 4.69) is 15.2 Å². The van der Waals surface area contributed by atoms with E-state index in [-0.39, 0.29) is 5.88 Å². The van der Waals surface area contributed by atoms with Gasteiger partial charge in [0.25, 0.3) is 0 Å². The third kappa shape index (κ3) is 2.72. The standard InChI is InChI=1S/C15H17N5OS/c1-19(2)7-8-20-14(21)13(16-15(20)22)9-12-10-5-3-4-6-11(10)17-18-12/h3-6,9,21H,7-8H2,1-2H3,(H,16,22)/b12-9-. The van der Waals surface area contributed by atoms with Gasteiger partial charge in [-0.2, -0.15) is 0 Å². The molecule has 2 N–H and O–H groups in total. The Morgan fingerprint density at radius 2 is 2.09 bits per heavy atom. The molecule has 1 aromatic carbocycles. The summed E-state index contributed by atoms with van der Waals surface area (Å²) in [7, 11) is 3.96. The largest absolute Gasteiger partial charge is 0.493 e. The maximum atomic E-state index is 10.4. The predicted octanol–water partition coefficient (Wildman–Crippen LogP) is 3.41. The smallest absolute Gasteiger partial charge is 0.217 e. The number of nitrogens with one attached hydrogen (secondary N) is 1. The van der Waals surface area contributed by atoms with E-state index in [9.17, 15) is 5.11 Å². The average molecular weight is 315 g/mol. The van der Waals surface area contributed by atoms with Crippen LogP contribution in [0.25, 0.3) is 11.8 Å². The number of aromatic hydroxyl groups is 1. The van der Waals surface area contributed by atoms with Gasteiger partial charge in [-0.15, -0.1) is 10.2 Å². The first-order valence-corrected chi connectivity index (χ1v) is 7.36. The van der Waals surface area contributed by atoms with E-state index in [1.807, 2.05) is 43.3 Å². The molecule has 3 rings (SSSR count). The van der Waals surface area contributed by atoms with Gasteiger partial charge in [0, 0.05) is 18.7 Å². The summed E-state index contributed by atoms with van der Waals surface area (Å²) in [5.41, 5.74) is 3.04. The summed E-state index contributed by atoms with van der Waals surface area (Å²) in [5, 5.41) is 18.6. The second-order valence-corrected chi connectivity index (χ2v) is 5.76. The van der Waals surface area contributed by atoms with Crippen molar-refractivity contribution in [3.05, 3.63) is 40.3 Å². The molecule has 0 bridgehead atoms. The minimum atomic E-state index is 0.124. The summed E-state index contributed by atoms with van der Waals surface area (Å²) < 4.78 is 2.18. The molecule has 2 heterocycles. The average Bonchev–Trinajstić information content (AvgIpc) is 3.00. The van der Waals surface area contributed by atoms with E-state index < -0.39 is 0 Å². The van der Waals surface area contributed by atoms with Crippen LogP contribution < -0.4 is 0 Å². The van der Waals surface area contributed by atoms with Crippen molar-refractivity contribution in [2.24, 2.45) is 10.2 Å². The van der Waals surface area contributed by atoms with Crippen molar-refractivity contribution in [3.8, 4) is 5.88 Å². The molecule has 1 aliphatic rings. The summed E-state index contributed by atoms with van der Waals surface area (Å²) in [4.78, 5) is 5.06. The van der Waals surface area contributed by atoms with Gasteiger partial charge in [0.2, 0.25) is 5.88 Å². The maximum Gasteiger partial charge on any atom is 0.217 e. The number of H-pyrrole nitrogens is 1. The van der Waals surface area contributed by atoms with Gasteiger partial charge >= 0.3 is 0 Å². The van der Waals surface area contributed by atoms with E-state index in [0.717, 1.165) is 17.8 Å². The van der Waals surface area contributed by atoms with E-state index in [1.54, 1.807) is 10.6 Å². The number of likely N-dealkylation sites (N-methyl/N-ethyl adjacent to an activating group) is 1. The lowest BCUT2D eigenvalue weighted by Crippen LogP contribution is -2.18. The zero-order valence-electron chi connectivity index (χ0n) is 12.4. The summed E-state index contributed by atoms with van der Waals surface area (Å²) >= 11 is 5.28. The molecular formula is C15H17N5OS. The lowest BCUT2D eigenvalue weighted by atomic mass is 10.1. The molecule has 7 heteroatoms. The number of azo groups is 1. The predicted molar refractivity (Wildman–Crippen MR) is 88.7 cm³/mol. The highest BCUT2D eigenvalue weighted by molar-refractivity contribution is 7.71. The normalized spacial score (nSPS) is 15.0. The second kappa shape index (κ2) is 5.86. The second-order valence-electron chi connectivity index (χ2n) is 5.37. The summed E-state index contributed by atoms with van der Waals surface area (Å²) in [6.07, 6.45) is 1.77. The Hall–Kier alpha value is -2.25. The summed E-state index contributed by atoms with van der Waals surface area (Å²) in [6, 6.07) is 7.72. The molecular weight excluding hydrogens is 298 g/mol. The molecule has 1 aromatic heterocycles. The van der Waals surface area contributed by atoms with Crippen molar-refractivity contribution in [1.82, 2.24) is 14.5 Å². The van der Waals surface area contributed by atoms with Crippen LogP contribution in [0.2, 0.25) is 0 Å². The Labute approximate surface area is 133 Å². The first-order chi connectivity index (χ1) is 10.6. The van der Waals surface area contributed by atoms with Crippen LogP contribution in [0.15, 0.2) is 34.5 Å². The molecule has 0 spiro atoms. The topological polar surface area (TPSA) is 68.9 Å². The number of benzene rings is 1. The molecule has 0 aliphatic carbocycles. The SMILES string of the molecule is CN(C)CCn1c(O)c(/C=C2\N=Nc3ccccc32)[nH]c1=S. The van der Waals surface area contributed by atoms with Gasteiger partial charge in [-0.25, -0.2) is 0 Å². The number of aromatic nitrogens is 2. The van der Waals surface area contributed by atoms with Crippen molar-refractivity contribution < 1.29 is 5.11 Å². The first kappa shape index (κ1) is 14.7. The van der Waals surface area contributed by atoms with Gasteiger partial charge < -0.3 is 15.0 Å². The first-order valence-electron chi connectivity index (χ1n) is 6.95. The van der Waals surface area contributed by atoms with Gasteiger partial charge in [0.15, 0.2) is 4.77 Å². The quantitative estimate of drug-likeness (QED) is 0.850. The lowest BCUT2D eigenvalue weighted by molar-refractivity contribution is 0.355. The van der Waals surface area contributed by atoms with Crippen LogP contribution >= 0.6 is 12.2 Å². The number of aromatic amines is 1. The van der Waals surface area contributed by atoms with E-state index in [1.165, 1.54) is 0 Å². The van der Waals surface area contributed by atoms with Crippen molar-refractivity contribution in [3.63, 3.8) is 0 Å². The van der Waals surface area contributed by atoms with Crippen LogP contribution in [-0.2, 0) is 6.54 Å². The van der Waals surface area contributed by atoms with Crippen molar-refractivity contribution in [1.29, 1.82) is 0 Å². The number of imidazole rings is 1. The molecule has 0 fully saturated rings. The van der Waals surface area contributed by atoms with Crippen LogP contribution in [0.4, 0.5) is 5.69 Å². The Kier molecular flexibility index (Phi) is 3.91. The van der Waals surface area contributed by atoms with Gasteiger partial charge in [0.05, 0.1) is 11.4 Å². The minimum absolute atomic E-state index is 0.124. The van der Waals surface area contributed by atoms with Crippen LogP contribution in [0.3, 0.4) is 0 Å². The molecule has 22 heavy (non-hydrogen) atoms. The van der Waals surface area contributed by atoms with Gasteiger partial charge in [-0.05, 0) is 38.5 Å². The van der Waals surface area contributed by atoms with E-state index in [4.69, 9.17) is 12.2 Å². The fourth-order valence-corrected chi connectivity index (χ4v) is 2.56. The molecule has 114 valence electrons. The van der Waals surface area contributed by atoms with Crippen molar-refractivity contribution in [2.75, 3.05) is 20.6 Å². The maximum absolute atomic E-state index is 10.4. The zero-order valence-corrected chi connectivity index (χ0v) is 13.3. The summed E-state index contributed by atoms with van der Waals surface area (Å²) in [5.74, 6) is 0.124. The Bertz CT molecular complexity index is 816. The van der Waals surface area contributed by atoms with Gasteiger partial charge in [0.1, 0.15) is 5.69 Å². The molecule has 0 unspecified atom stereocenters. The molecule has 0 saturated heterocycles. The van der Waals surface area contributed by atoms with Crippen molar-refractivity contribution >= 4 is 29.7 Å². The van der Waals surface area contributed by atoms with Crippen LogP contribution in [-0.4, -0.2) is 40.2 Å². The van der Waals surface area contributed by atoms with Gasteiger partial charge in [-0.1, -0.05) is 18.2 Å². The van der Waals surface area contributed by atoms with E-state index in [0.29, 0.717) is 22.7 Å². The number of hydrogen-bond acceptors (Lipinski definition) is 5. The zero-order chi connectivity index (χ0) is 15.7. The molecule has 2 aromatic rings. The molecule has 6 nitrogen and oxygen atoms in total. The molecule has 0 amide bonds. The third-order valence-corrected chi connectivity index (χ3v) is 3.80. The highest BCUT2D eigenvalue weighted by atomic mass is 32.1. The lowest BCUT2D eigenvalue weighted by Gasteiger charge is -2.10. The van der Waals surface area contributed by atoms with Gasteiger partial charge in [-0.3, -0.25) is 4.57 Å².